The van der Waals surface area contributed by atoms with Gasteiger partial charge in [-0.2, -0.15) is 0 Å². The minimum atomic E-state index is -3.97. The van der Waals surface area contributed by atoms with E-state index in [1.54, 1.807) is 30.0 Å². The molecule has 0 radical (unpaired) electrons. The number of nitrogens with one attached hydrogen (secondary N) is 3. The molecule has 4 aliphatic rings. The molecule has 2 aliphatic carbocycles. The standard InChI is InChI=1S/C38H47ClN6O7S2/c1-9-20-16-38(20,35(48)44-54(49,50)37(7)12-13-37)43-32(46)24-15-28(25-17-40-31(36(4,5)6)34(47)45(24)25)52-27-14-22(23-18-53-33(42-23)19(2)3)41-30-21(27)10-11-26(51-8)29(30)39/h9-11,14,18-20,24-25,28,31,40H,1,12-13,15-17H2,2-8H3,(H,43,46)(H,44,48)/t20-,24+,25-,28-,31+,38-/m1/s1. The number of ether oxygens (including phenoxy) is 2. The van der Waals surface area contributed by atoms with Gasteiger partial charge < -0.3 is 25.0 Å². The van der Waals surface area contributed by atoms with Gasteiger partial charge in [0.15, 0.2) is 0 Å². The van der Waals surface area contributed by atoms with Crippen LogP contribution in [-0.4, -0.2) is 89.2 Å². The van der Waals surface area contributed by atoms with Gasteiger partial charge in [-0.25, -0.2) is 18.4 Å². The van der Waals surface area contributed by atoms with Crippen LogP contribution in [0.15, 0.2) is 36.2 Å². The van der Waals surface area contributed by atoms with Gasteiger partial charge in [-0.3, -0.25) is 19.1 Å². The first kappa shape index (κ1) is 38.5. The van der Waals surface area contributed by atoms with Crippen LogP contribution in [0.2, 0.25) is 5.02 Å². The molecule has 1 aromatic carbocycles. The van der Waals surface area contributed by atoms with Gasteiger partial charge in [-0.15, -0.1) is 17.9 Å². The highest BCUT2D eigenvalue weighted by Crippen LogP contribution is 2.48. The number of fused-ring (bicyclic) bond motifs is 2. The Hall–Kier alpha value is -3.79. The molecule has 0 unspecified atom stereocenters. The number of piperazine rings is 1. The Morgan fingerprint density at radius 3 is 2.50 bits per heavy atom. The van der Waals surface area contributed by atoms with Gasteiger partial charge >= 0.3 is 0 Å². The summed E-state index contributed by atoms with van der Waals surface area (Å²) < 4.78 is 39.6. The first-order valence-corrected chi connectivity index (χ1v) is 20.9. The average Bonchev–Trinajstić information content (AvgIpc) is 3.91. The number of carbonyl (C=O) groups is 3. The number of sulfonamides is 1. The molecular weight excluding hydrogens is 752 g/mol. The summed E-state index contributed by atoms with van der Waals surface area (Å²) in [6.07, 6.45) is 2.04. The first-order chi connectivity index (χ1) is 25.3. The zero-order chi connectivity index (χ0) is 39.1. The molecule has 290 valence electrons. The second-order valence-corrected chi connectivity index (χ2v) is 20.0. The van der Waals surface area contributed by atoms with E-state index < -0.39 is 67.7 Å². The minimum Gasteiger partial charge on any atom is -0.495 e. The molecule has 6 atom stereocenters. The van der Waals surface area contributed by atoms with Crippen LogP contribution in [0, 0.1) is 11.3 Å². The van der Waals surface area contributed by atoms with E-state index in [0.717, 1.165) is 5.01 Å². The first-order valence-electron chi connectivity index (χ1n) is 18.2. The smallest absolute Gasteiger partial charge is 0.259 e. The maximum absolute atomic E-state index is 14.4. The molecule has 2 aromatic heterocycles. The third-order valence-electron chi connectivity index (χ3n) is 11.3. The second kappa shape index (κ2) is 13.5. The number of aromatic nitrogens is 2. The number of hydrogen-bond donors (Lipinski definition) is 3. The summed E-state index contributed by atoms with van der Waals surface area (Å²) in [5.74, 6) is -1.02. The zero-order valence-corrected chi connectivity index (χ0v) is 33.9. The number of methoxy groups -OCH3 is 1. The van der Waals surface area contributed by atoms with Crippen molar-refractivity contribution in [2.75, 3.05) is 13.7 Å². The number of amides is 3. The molecule has 0 spiro atoms. The molecule has 3 amide bonds. The number of thiazole rings is 1. The van der Waals surface area contributed by atoms with Gasteiger partial charge in [-0.1, -0.05) is 52.3 Å². The largest absolute Gasteiger partial charge is 0.495 e. The monoisotopic (exact) mass is 798 g/mol. The lowest BCUT2D eigenvalue weighted by molar-refractivity contribution is -0.148. The van der Waals surface area contributed by atoms with E-state index in [-0.39, 0.29) is 24.7 Å². The maximum atomic E-state index is 14.4. The molecule has 2 saturated carbocycles. The van der Waals surface area contributed by atoms with Crippen molar-refractivity contribution < 1.29 is 32.3 Å². The highest BCUT2D eigenvalue weighted by atomic mass is 35.5. The Kier molecular flexibility index (Phi) is 9.59. The van der Waals surface area contributed by atoms with Gasteiger partial charge in [-0.05, 0) is 43.7 Å². The summed E-state index contributed by atoms with van der Waals surface area (Å²) in [7, 11) is -2.44. The van der Waals surface area contributed by atoms with E-state index >= 15 is 0 Å². The van der Waals surface area contributed by atoms with Crippen LogP contribution in [0.5, 0.6) is 11.5 Å². The molecule has 54 heavy (non-hydrogen) atoms. The van der Waals surface area contributed by atoms with E-state index in [0.29, 0.717) is 58.2 Å². The Bertz CT molecular complexity index is 2160. The normalized spacial score (nSPS) is 27.4. The van der Waals surface area contributed by atoms with Crippen LogP contribution in [0.1, 0.15) is 78.2 Å². The van der Waals surface area contributed by atoms with Crippen molar-refractivity contribution in [1.29, 1.82) is 0 Å². The summed E-state index contributed by atoms with van der Waals surface area (Å²) in [5.41, 5.74) is -0.345. The Labute approximate surface area is 324 Å². The third kappa shape index (κ3) is 6.54. The van der Waals surface area contributed by atoms with Crippen LogP contribution in [0.3, 0.4) is 0 Å². The Balaban J connectivity index is 1.24. The molecule has 3 aromatic rings. The van der Waals surface area contributed by atoms with Crippen LogP contribution >= 0.6 is 22.9 Å². The van der Waals surface area contributed by atoms with Crippen LogP contribution in [0.4, 0.5) is 0 Å². The highest BCUT2D eigenvalue weighted by Gasteiger charge is 2.63. The van der Waals surface area contributed by atoms with Crippen LogP contribution < -0.4 is 24.8 Å². The van der Waals surface area contributed by atoms with E-state index in [2.05, 4.69) is 35.8 Å². The molecule has 16 heteroatoms. The quantitative estimate of drug-likeness (QED) is 0.226. The SMILES string of the molecule is C=C[C@@H]1C[C@]1(NC(=O)[C@@H]1C[C@@H](Oc2cc(-c3csc(C(C)C)n3)nc3c(Cl)c(OC)ccc23)[C@H]2CN[C@H](C(C)(C)C)C(=O)N21)C(=O)NS(=O)(=O)C1(C)CC1. The van der Waals surface area contributed by atoms with Crippen molar-refractivity contribution in [3.63, 3.8) is 0 Å². The number of hydrogen-bond acceptors (Lipinski definition) is 11. The lowest BCUT2D eigenvalue weighted by atomic mass is 9.84. The number of nitrogens with zero attached hydrogens (tertiary/aromatic N) is 3. The molecule has 7 rings (SSSR count). The van der Waals surface area contributed by atoms with E-state index in [1.807, 2.05) is 32.2 Å². The highest BCUT2D eigenvalue weighted by molar-refractivity contribution is 7.91. The van der Waals surface area contributed by atoms with Crippen molar-refractivity contribution in [2.45, 2.75) is 108 Å². The summed E-state index contributed by atoms with van der Waals surface area (Å²) in [5, 5.41) is 10.1. The Morgan fingerprint density at radius 2 is 1.91 bits per heavy atom. The molecule has 2 aliphatic heterocycles. The number of rotatable bonds is 11. The van der Waals surface area contributed by atoms with Crippen LogP contribution in [-0.2, 0) is 24.4 Å². The molecular formula is C38H47ClN6O7S2. The molecule has 2 saturated heterocycles. The van der Waals surface area contributed by atoms with Crippen molar-refractivity contribution in [3.05, 3.63) is 46.3 Å². The van der Waals surface area contributed by atoms with E-state index in [1.165, 1.54) is 18.4 Å². The molecule has 3 N–H and O–H groups in total. The van der Waals surface area contributed by atoms with Gasteiger partial charge in [0.25, 0.3) is 5.91 Å². The second-order valence-electron chi connectivity index (χ2n) is 16.5. The predicted octanol–water partition coefficient (Wildman–Crippen LogP) is 4.94. The topological polar surface area (TPSA) is 169 Å². The van der Waals surface area contributed by atoms with Crippen molar-refractivity contribution in [3.8, 4) is 22.9 Å². The fourth-order valence-corrected chi connectivity index (χ4v) is 9.93. The van der Waals surface area contributed by atoms with Crippen molar-refractivity contribution in [1.82, 2.24) is 30.2 Å². The molecule has 4 fully saturated rings. The summed E-state index contributed by atoms with van der Waals surface area (Å²) in [6.45, 7) is 15.7. The Morgan fingerprint density at radius 1 is 1.19 bits per heavy atom. The minimum absolute atomic E-state index is 0.102. The summed E-state index contributed by atoms with van der Waals surface area (Å²) in [6, 6.07) is 3.17. The molecule has 4 heterocycles. The van der Waals surface area contributed by atoms with E-state index in [9.17, 15) is 22.8 Å². The summed E-state index contributed by atoms with van der Waals surface area (Å²) >= 11 is 8.36. The lowest BCUT2D eigenvalue weighted by Crippen LogP contribution is -2.67. The summed E-state index contributed by atoms with van der Waals surface area (Å²) in [4.78, 5) is 53.7. The van der Waals surface area contributed by atoms with Gasteiger partial charge in [0.05, 0.1) is 40.2 Å². The predicted molar refractivity (Wildman–Crippen MR) is 207 cm³/mol. The molecule has 0 bridgehead atoms. The lowest BCUT2D eigenvalue weighted by Gasteiger charge is -2.43. The zero-order valence-electron chi connectivity index (χ0n) is 31.5. The number of pyridine rings is 1. The molecule has 13 nitrogen and oxygen atoms in total. The number of halogens is 1. The van der Waals surface area contributed by atoms with E-state index in [4.69, 9.17) is 31.0 Å². The number of benzene rings is 1. The fourth-order valence-electron chi connectivity index (χ4n) is 7.51. The number of carbonyl (C=O) groups excluding carboxylic acids is 3. The van der Waals surface area contributed by atoms with Crippen LogP contribution in [0.25, 0.3) is 22.3 Å². The fraction of sp³-hybridized carbons (Fsp3) is 0.553. The van der Waals surface area contributed by atoms with Gasteiger partial charge in [0.1, 0.15) is 39.9 Å². The van der Waals surface area contributed by atoms with Crippen molar-refractivity contribution >= 4 is 61.6 Å². The average molecular weight is 799 g/mol. The maximum Gasteiger partial charge on any atom is 0.259 e. The van der Waals surface area contributed by atoms with Crippen molar-refractivity contribution in [2.24, 2.45) is 11.3 Å². The third-order valence-corrected chi connectivity index (χ3v) is 15.0. The van der Waals surface area contributed by atoms with Gasteiger partial charge in [0.2, 0.25) is 21.8 Å². The van der Waals surface area contributed by atoms with Gasteiger partial charge in [0, 0.05) is 41.6 Å².